The van der Waals surface area contributed by atoms with Crippen LogP contribution in [0.1, 0.15) is 40.0 Å². The second kappa shape index (κ2) is 6.72. The Morgan fingerprint density at radius 3 is 2.53 bits per heavy atom. The van der Waals surface area contributed by atoms with Crippen molar-refractivity contribution >= 4 is 0 Å². The first kappa shape index (κ1) is 14.9. The van der Waals surface area contributed by atoms with E-state index in [4.69, 9.17) is 0 Å². The van der Waals surface area contributed by atoms with Crippen molar-refractivity contribution in [2.75, 3.05) is 40.3 Å². The van der Waals surface area contributed by atoms with E-state index >= 15 is 0 Å². The molecule has 0 amide bonds. The fourth-order valence-electron chi connectivity index (χ4n) is 2.46. The Labute approximate surface area is 108 Å². The number of rotatable bonds is 6. The van der Waals surface area contributed by atoms with Gasteiger partial charge >= 0.3 is 0 Å². The molecular weight excluding hydrogens is 210 g/mol. The van der Waals surface area contributed by atoms with Gasteiger partial charge in [0.2, 0.25) is 0 Å². The van der Waals surface area contributed by atoms with Gasteiger partial charge in [-0.3, -0.25) is 4.90 Å². The maximum Gasteiger partial charge on any atom is 0.0277 e. The summed E-state index contributed by atoms with van der Waals surface area (Å²) in [5, 5.41) is 3.30. The van der Waals surface area contributed by atoms with Gasteiger partial charge in [-0.2, -0.15) is 0 Å². The van der Waals surface area contributed by atoms with Gasteiger partial charge < -0.3 is 10.2 Å². The van der Waals surface area contributed by atoms with Crippen LogP contribution in [0.3, 0.4) is 0 Å². The van der Waals surface area contributed by atoms with Crippen molar-refractivity contribution in [3.05, 3.63) is 0 Å². The summed E-state index contributed by atoms with van der Waals surface area (Å²) in [7, 11) is 4.29. The predicted octanol–water partition coefficient (Wildman–Crippen LogP) is 1.79. The zero-order valence-corrected chi connectivity index (χ0v) is 12.4. The van der Waals surface area contributed by atoms with Crippen LogP contribution in [0, 0.1) is 0 Å². The van der Waals surface area contributed by atoms with Crippen molar-refractivity contribution in [2.45, 2.75) is 51.6 Å². The summed E-state index contributed by atoms with van der Waals surface area (Å²) >= 11 is 0. The third-order valence-corrected chi connectivity index (χ3v) is 4.25. The SMILES string of the molecule is CNC(C)CCCCN1CCN(C)C(C)(C)C1. The standard InChI is InChI=1S/C14H31N3/c1-13(15-4)8-6-7-9-17-11-10-16(5)14(2,3)12-17/h13,15H,6-12H2,1-5H3. The zero-order chi connectivity index (χ0) is 12.9. The maximum absolute atomic E-state index is 3.30. The van der Waals surface area contributed by atoms with Gasteiger partial charge in [0, 0.05) is 31.2 Å². The van der Waals surface area contributed by atoms with Crippen LogP contribution in [-0.4, -0.2) is 61.7 Å². The summed E-state index contributed by atoms with van der Waals surface area (Å²) < 4.78 is 0. The quantitative estimate of drug-likeness (QED) is 0.715. The van der Waals surface area contributed by atoms with Gasteiger partial charge in [0.05, 0.1) is 0 Å². The monoisotopic (exact) mass is 241 g/mol. The predicted molar refractivity (Wildman–Crippen MR) is 75.5 cm³/mol. The second-order valence-corrected chi connectivity index (χ2v) is 6.20. The van der Waals surface area contributed by atoms with Gasteiger partial charge in [-0.1, -0.05) is 6.42 Å². The Morgan fingerprint density at radius 1 is 1.24 bits per heavy atom. The van der Waals surface area contributed by atoms with Crippen LogP contribution >= 0.6 is 0 Å². The first-order valence-corrected chi connectivity index (χ1v) is 7.06. The fourth-order valence-corrected chi connectivity index (χ4v) is 2.46. The molecule has 0 radical (unpaired) electrons. The molecule has 17 heavy (non-hydrogen) atoms. The molecule has 1 rings (SSSR count). The zero-order valence-electron chi connectivity index (χ0n) is 12.4. The van der Waals surface area contributed by atoms with Gasteiger partial charge in [0.25, 0.3) is 0 Å². The van der Waals surface area contributed by atoms with E-state index in [1.54, 1.807) is 0 Å². The molecule has 0 spiro atoms. The topological polar surface area (TPSA) is 18.5 Å². The van der Waals surface area contributed by atoms with Crippen molar-refractivity contribution in [2.24, 2.45) is 0 Å². The third-order valence-electron chi connectivity index (χ3n) is 4.25. The van der Waals surface area contributed by atoms with E-state index < -0.39 is 0 Å². The lowest BCUT2D eigenvalue weighted by atomic mass is 9.99. The van der Waals surface area contributed by atoms with Crippen molar-refractivity contribution in [1.82, 2.24) is 15.1 Å². The van der Waals surface area contributed by atoms with E-state index in [9.17, 15) is 0 Å². The van der Waals surface area contributed by atoms with E-state index in [1.165, 1.54) is 45.4 Å². The molecule has 3 nitrogen and oxygen atoms in total. The second-order valence-electron chi connectivity index (χ2n) is 6.20. The lowest BCUT2D eigenvalue weighted by Crippen LogP contribution is -2.57. The summed E-state index contributed by atoms with van der Waals surface area (Å²) in [4.78, 5) is 5.11. The molecule has 1 unspecified atom stereocenters. The molecule has 1 aliphatic rings. The molecule has 0 aliphatic carbocycles. The molecule has 1 atom stereocenters. The third kappa shape index (κ3) is 4.94. The van der Waals surface area contributed by atoms with E-state index in [0.717, 1.165) is 0 Å². The Balaban J connectivity index is 2.16. The van der Waals surface area contributed by atoms with Crippen LogP contribution in [0.25, 0.3) is 0 Å². The largest absolute Gasteiger partial charge is 0.317 e. The molecule has 0 aromatic heterocycles. The number of piperazine rings is 1. The summed E-state index contributed by atoms with van der Waals surface area (Å²) in [6.45, 7) is 11.9. The fraction of sp³-hybridized carbons (Fsp3) is 1.00. The minimum Gasteiger partial charge on any atom is -0.317 e. The number of hydrogen-bond acceptors (Lipinski definition) is 3. The highest BCUT2D eigenvalue weighted by Crippen LogP contribution is 2.19. The Kier molecular flexibility index (Phi) is 5.90. The summed E-state index contributed by atoms with van der Waals surface area (Å²) in [6, 6.07) is 0.666. The van der Waals surface area contributed by atoms with Crippen LogP contribution in [0.2, 0.25) is 0 Å². The van der Waals surface area contributed by atoms with Crippen LogP contribution in [-0.2, 0) is 0 Å². The van der Waals surface area contributed by atoms with E-state index in [0.29, 0.717) is 11.6 Å². The van der Waals surface area contributed by atoms with Gasteiger partial charge in [-0.15, -0.1) is 0 Å². The first-order valence-electron chi connectivity index (χ1n) is 7.06. The number of nitrogens with zero attached hydrogens (tertiary/aromatic N) is 2. The number of nitrogens with one attached hydrogen (secondary N) is 1. The number of hydrogen-bond donors (Lipinski definition) is 1. The highest BCUT2D eigenvalue weighted by Gasteiger charge is 2.30. The number of likely N-dealkylation sites (N-methyl/N-ethyl adjacent to an activating group) is 1. The molecular formula is C14H31N3. The van der Waals surface area contributed by atoms with Crippen molar-refractivity contribution in [1.29, 1.82) is 0 Å². The minimum absolute atomic E-state index is 0.344. The van der Waals surface area contributed by atoms with Gasteiger partial charge in [0.15, 0.2) is 0 Å². The minimum atomic E-state index is 0.344. The first-order chi connectivity index (χ1) is 7.95. The van der Waals surface area contributed by atoms with Gasteiger partial charge in [-0.25, -0.2) is 0 Å². The van der Waals surface area contributed by atoms with E-state index in [1.807, 2.05) is 7.05 Å². The summed E-state index contributed by atoms with van der Waals surface area (Å²) in [5.41, 5.74) is 0.344. The molecule has 1 fully saturated rings. The molecule has 1 aliphatic heterocycles. The van der Waals surface area contributed by atoms with Gasteiger partial charge in [0.1, 0.15) is 0 Å². The lowest BCUT2D eigenvalue weighted by Gasteiger charge is -2.45. The molecule has 0 aromatic carbocycles. The summed E-state index contributed by atoms with van der Waals surface area (Å²) in [5.74, 6) is 0. The van der Waals surface area contributed by atoms with Crippen LogP contribution < -0.4 is 5.32 Å². The van der Waals surface area contributed by atoms with Crippen molar-refractivity contribution in [3.8, 4) is 0 Å². The lowest BCUT2D eigenvalue weighted by molar-refractivity contribution is 0.0392. The van der Waals surface area contributed by atoms with Crippen molar-refractivity contribution < 1.29 is 0 Å². The average Bonchev–Trinajstić information content (AvgIpc) is 2.28. The van der Waals surface area contributed by atoms with Crippen LogP contribution in [0.15, 0.2) is 0 Å². The maximum atomic E-state index is 3.30. The van der Waals surface area contributed by atoms with Crippen LogP contribution in [0.4, 0.5) is 0 Å². The smallest absolute Gasteiger partial charge is 0.0277 e. The molecule has 3 heteroatoms. The van der Waals surface area contributed by atoms with Gasteiger partial charge in [-0.05, 0) is 54.3 Å². The highest BCUT2D eigenvalue weighted by atomic mass is 15.3. The Bertz CT molecular complexity index is 216. The summed E-state index contributed by atoms with van der Waals surface area (Å²) in [6.07, 6.45) is 3.98. The molecule has 0 saturated carbocycles. The Morgan fingerprint density at radius 2 is 1.94 bits per heavy atom. The van der Waals surface area contributed by atoms with Crippen LogP contribution in [0.5, 0.6) is 0 Å². The molecule has 102 valence electrons. The van der Waals surface area contributed by atoms with Crippen molar-refractivity contribution in [3.63, 3.8) is 0 Å². The molecule has 1 N–H and O–H groups in total. The molecule has 1 heterocycles. The molecule has 0 bridgehead atoms. The molecule has 0 aromatic rings. The normalized spacial score (nSPS) is 23.8. The van der Waals surface area contributed by atoms with E-state index in [-0.39, 0.29) is 0 Å². The number of unbranched alkanes of at least 4 members (excludes halogenated alkanes) is 1. The average molecular weight is 241 g/mol. The molecule has 1 saturated heterocycles. The Hall–Kier alpha value is -0.120. The highest BCUT2D eigenvalue weighted by molar-refractivity contribution is 4.88. The van der Waals surface area contributed by atoms with E-state index in [2.05, 4.69) is 42.9 Å².